The Morgan fingerprint density at radius 3 is 1.52 bits per heavy atom. The quantitative estimate of drug-likeness (QED) is 0.282. The van der Waals surface area contributed by atoms with Crippen molar-refractivity contribution >= 4 is 0 Å². The minimum absolute atomic E-state index is 0.00590. The fourth-order valence-electron chi connectivity index (χ4n) is 1.64. The third-order valence-electron chi connectivity index (χ3n) is 3.35. The molecule has 4 unspecified atom stereocenters. The summed E-state index contributed by atoms with van der Waals surface area (Å²) in [6, 6.07) is 0. The summed E-state index contributed by atoms with van der Waals surface area (Å²) in [5.41, 5.74) is 0. The molecule has 4 atom stereocenters. The average Bonchev–Trinajstić information content (AvgIpc) is 3.33. The number of rotatable bonds is 11. The lowest BCUT2D eigenvalue weighted by Gasteiger charge is -2.39. The summed E-state index contributed by atoms with van der Waals surface area (Å²) >= 11 is 0. The second kappa shape index (κ2) is 6.03. The Balaban J connectivity index is 1.61. The minimum atomic E-state index is -2.52. The lowest BCUT2D eigenvalue weighted by atomic mass is 10.2. The highest BCUT2D eigenvalue weighted by Crippen LogP contribution is 2.30. The molecule has 3 aliphatic rings. The highest BCUT2D eigenvalue weighted by atomic mass is 16.9. The third-order valence-corrected chi connectivity index (χ3v) is 3.35. The van der Waals surface area contributed by atoms with Crippen LogP contribution in [0.1, 0.15) is 0 Å². The summed E-state index contributed by atoms with van der Waals surface area (Å²) in [6.45, 7) is 0.639. The van der Waals surface area contributed by atoms with Gasteiger partial charge in [-0.05, 0) is 0 Å². The van der Waals surface area contributed by atoms with Crippen molar-refractivity contribution in [3.63, 3.8) is 0 Å². The van der Waals surface area contributed by atoms with Gasteiger partial charge in [-0.1, -0.05) is 0 Å². The molecular formula is C12H20O9. The lowest BCUT2D eigenvalue weighted by molar-refractivity contribution is -0.485. The molecule has 3 aliphatic heterocycles. The maximum atomic E-state index is 10.5. The Hall–Kier alpha value is -0.360. The molecule has 3 saturated heterocycles. The van der Waals surface area contributed by atoms with Crippen LogP contribution in [0.4, 0.5) is 0 Å². The Morgan fingerprint density at radius 1 is 0.810 bits per heavy atom. The Morgan fingerprint density at radius 2 is 1.19 bits per heavy atom. The molecule has 3 rings (SSSR count). The Bertz CT molecular complexity index is 337. The summed E-state index contributed by atoms with van der Waals surface area (Å²) in [6.07, 6.45) is -0.482. The molecule has 3 N–H and O–H groups in total. The van der Waals surface area contributed by atoms with Crippen LogP contribution in [-0.4, -0.2) is 91.6 Å². The van der Waals surface area contributed by atoms with E-state index >= 15 is 0 Å². The standard InChI is InChI=1S/C12H20O9/c13-7-11(14,19-4-8-1-16-8)12(15,20-5-9-2-17-9)21-6-10-3-18-10/h8-10,13-15H,1-7H2. The smallest absolute Gasteiger partial charge is 0.340 e. The number of epoxide rings is 3. The molecule has 3 fully saturated rings. The third kappa shape index (κ3) is 4.09. The summed E-state index contributed by atoms with van der Waals surface area (Å²) in [4.78, 5) is 0. The number of aliphatic hydroxyl groups is 3. The molecule has 0 aliphatic carbocycles. The average molecular weight is 308 g/mol. The van der Waals surface area contributed by atoms with Crippen LogP contribution in [0, 0.1) is 0 Å². The first-order valence-electron chi connectivity index (χ1n) is 6.87. The van der Waals surface area contributed by atoms with Gasteiger partial charge in [0.15, 0.2) is 0 Å². The van der Waals surface area contributed by atoms with Crippen molar-refractivity contribution in [1.29, 1.82) is 0 Å². The maximum absolute atomic E-state index is 10.5. The lowest BCUT2D eigenvalue weighted by Crippen LogP contribution is -2.62. The first-order valence-corrected chi connectivity index (χ1v) is 6.87. The molecule has 0 aromatic heterocycles. The van der Waals surface area contributed by atoms with Crippen molar-refractivity contribution in [3.05, 3.63) is 0 Å². The molecule has 0 spiro atoms. The van der Waals surface area contributed by atoms with Gasteiger partial charge in [-0.25, -0.2) is 0 Å². The normalized spacial score (nSPS) is 35.9. The molecule has 9 heteroatoms. The van der Waals surface area contributed by atoms with E-state index in [0.29, 0.717) is 19.8 Å². The number of ether oxygens (including phenoxy) is 6. The monoisotopic (exact) mass is 308 g/mol. The first kappa shape index (κ1) is 15.5. The Kier molecular flexibility index (Phi) is 4.46. The van der Waals surface area contributed by atoms with E-state index in [2.05, 4.69) is 0 Å². The van der Waals surface area contributed by atoms with E-state index in [1.165, 1.54) is 0 Å². The minimum Gasteiger partial charge on any atom is -0.390 e. The molecule has 0 radical (unpaired) electrons. The number of hydrogen-bond acceptors (Lipinski definition) is 9. The van der Waals surface area contributed by atoms with Crippen molar-refractivity contribution in [1.82, 2.24) is 0 Å². The predicted octanol–water partition coefficient (Wildman–Crippen LogP) is -2.44. The Labute approximate surface area is 121 Å². The van der Waals surface area contributed by atoms with Gasteiger partial charge in [0.1, 0.15) is 24.9 Å². The van der Waals surface area contributed by atoms with Crippen molar-refractivity contribution in [2.75, 3.05) is 46.2 Å². The van der Waals surface area contributed by atoms with Gasteiger partial charge in [0.2, 0.25) is 0 Å². The van der Waals surface area contributed by atoms with Gasteiger partial charge in [-0.2, -0.15) is 0 Å². The van der Waals surface area contributed by atoms with Crippen LogP contribution in [0.3, 0.4) is 0 Å². The van der Waals surface area contributed by atoms with Gasteiger partial charge in [0.05, 0.1) is 39.6 Å². The van der Waals surface area contributed by atoms with E-state index in [0.717, 1.165) is 0 Å². The molecule has 122 valence electrons. The van der Waals surface area contributed by atoms with Crippen LogP contribution in [0.15, 0.2) is 0 Å². The van der Waals surface area contributed by atoms with Crippen LogP contribution >= 0.6 is 0 Å². The number of aliphatic hydroxyl groups excluding tert-OH is 1. The zero-order valence-electron chi connectivity index (χ0n) is 11.5. The largest absolute Gasteiger partial charge is 0.390 e. The summed E-state index contributed by atoms with van der Waals surface area (Å²) < 4.78 is 30.5. The summed E-state index contributed by atoms with van der Waals surface area (Å²) in [7, 11) is 0. The highest BCUT2D eigenvalue weighted by molar-refractivity contribution is 4.83. The second-order valence-electron chi connectivity index (χ2n) is 5.32. The van der Waals surface area contributed by atoms with Gasteiger partial charge >= 0.3 is 5.97 Å². The van der Waals surface area contributed by atoms with Crippen LogP contribution < -0.4 is 0 Å². The zero-order valence-corrected chi connectivity index (χ0v) is 11.5. The molecule has 0 aromatic rings. The highest BCUT2D eigenvalue weighted by Gasteiger charge is 2.56. The SMILES string of the molecule is OCC(O)(OCC1CO1)C(O)(OCC1CO1)OCC1CO1. The van der Waals surface area contributed by atoms with Gasteiger partial charge < -0.3 is 43.7 Å². The molecular weight excluding hydrogens is 288 g/mol. The van der Waals surface area contributed by atoms with Crippen LogP contribution in [0.5, 0.6) is 0 Å². The molecule has 9 nitrogen and oxygen atoms in total. The van der Waals surface area contributed by atoms with Gasteiger partial charge in [0.25, 0.3) is 5.79 Å². The molecule has 3 heterocycles. The van der Waals surface area contributed by atoms with Crippen molar-refractivity contribution < 1.29 is 43.7 Å². The second-order valence-corrected chi connectivity index (χ2v) is 5.32. The molecule has 0 amide bonds. The topological polar surface area (TPSA) is 126 Å². The number of hydrogen-bond donors (Lipinski definition) is 3. The molecule has 0 saturated carbocycles. The van der Waals surface area contributed by atoms with E-state index in [-0.39, 0.29) is 38.1 Å². The van der Waals surface area contributed by atoms with E-state index in [1.807, 2.05) is 0 Å². The van der Waals surface area contributed by atoms with E-state index in [9.17, 15) is 15.3 Å². The maximum Gasteiger partial charge on any atom is 0.340 e. The van der Waals surface area contributed by atoms with E-state index in [1.54, 1.807) is 0 Å². The van der Waals surface area contributed by atoms with Gasteiger partial charge in [-0.15, -0.1) is 0 Å². The van der Waals surface area contributed by atoms with E-state index < -0.39 is 18.4 Å². The van der Waals surface area contributed by atoms with Crippen molar-refractivity contribution in [2.45, 2.75) is 30.1 Å². The van der Waals surface area contributed by atoms with Crippen molar-refractivity contribution in [2.24, 2.45) is 0 Å². The van der Waals surface area contributed by atoms with Crippen LogP contribution in [0.2, 0.25) is 0 Å². The van der Waals surface area contributed by atoms with E-state index in [4.69, 9.17) is 28.4 Å². The molecule has 0 aromatic carbocycles. The summed E-state index contributed by atoms with van der Waals surface area (Å²) in [5.74, 6) is -4.95. The first-order chi connectivity index (χ1) is 10.0. The van der Waals surface area contributed by atoms with Crippen LogP contribution in [0.25, 0.3) is 0 Å². The predicted molar refractivity (Wildman–Crippen MR) is 64.1 cm³/mol. The molecule has 21 heavy (non-hydrogen) atoms. The zero-order chi connectivity index (χ0) is 14.9. The van der Waals surface area contributed by atoms with Crippen molar-refractivity contribution in [3.8, 4) is 0 Å². The van der Waals surface area contributed by atoms with Crippen LogP contribution in [-0.2, 0) is 28.4 Å². The fraction of sp³-hybridized carbons (Fsp3) is 1.00. The molecule has 0 bridgehead atoms. The summed E-state index contributed by atoms with van der Waals surface area (Å²) in [5, 5.41) is 30.3. The van der Waals surface area contributed by atoms with Gasteiger partial charge in [-0.3, -0.25) is 0 Å². The fourth-order valence-corrected chi connectivity index (χ4v) is 1.64. The van der Waals surface area contributed by atoms with Gasteiger partial charge in [0, 0.05) is 0 Å².